The lowest BCUT2D eigenvalue weighted by atomic mass is 9.89. The third-order valence-corrected chi connectivity index (χ3v) is 4.95. The van der Waals surface area contributed by atoms with Gasteiger partial charge in [0.2, 0.25) is 0 Å². The van der Waals surface area contributed by atoms with Crippen LogP contribution in [-0.4, -0.2) is 19.9 Å². The Balaban J connectivity index is 1.60. The van der Waals surface area contributed by atoms with Gasteiger partial charge in [-0.25, -0.2) is 9.67 Å². The molecule has 1 unspecified atom stereocenters. The first-order valence-corrected chi connectivity index (χ1v) is 8.92. The topological polar surface area (TPSA) is 60.2 Å². The Morgan fingerprint density at radius 3 is 2.62 bits per heavy atom. The summed E-state index contributed by atoms with van der Waals surface area (Å²) >= 11 is 12.3. The third kappa shape index (κ3) is 3.49. The van der Waals surface area contributed by atoms with Crippen molar-refractivity contribution < 1.29 is 9.84 Å². The van der Waals surface area contributed by atoms with Crippen LogP contribution in [0.4, 0.5) is 0 Å². The van der Waals surface area contributed by atoms with E-state index in [1.165, 1.54) is 6.33 Å². The number of aliphatic hydroxyl groups is 1. The molecule has 7 heteroatoms. The Labute approximate surface area is 161 Å². The van der Waals surface area contributed by atoms with Crippen LogP contribution in [0.1, 0.15) is 18.4 Å². The van der Waals surface area contributed by atoms with Crippen molar-refractivity contribution in [1.29, 1.82) is 0 Å². The average molecular weight is 388 g/mol. The summed E-state index contributed by atoms with van der Waals surface area (Å²) in [6.45, 7) is 0.263. The zero-order chi connectivity index (χ0) is 18.1. The fourth-order valence-corrected chi connectivity index (χ4v) is 3.38. The normalized spacial score (nSPS) is 16.0. The molecular formula is C19H15Cl2N3O2. The highest BCUT2D eigenvalue weighted by Gasteiger charge is 2.47. The molecule has 0 saturated heterocycles. The minimum absolute atomic E-state index is 0.108. The van der Waals surface area contributed by atoms with Crippen LogP contribution in [0.25, 0.3) is 0 Å². The molecule has 1 aliphatic carbocycles. The molecule has 2 aromatic carbocycles. The number of aromatic nitrogens is 3. The van der Waals surface area contributed by atoms with Crippen LogP contribution in [0.3, 0.4) is 0 Å². The molecule has 0 aliphatic heterocycles. The number of hydrogen-bond donors (Lipinski definition) is 1. The molecule has 1 saturated carbocycles. The summed E-state index contributed by atoms with van der Waals surface area (Å²) in [5.41, 5.74) is -0.666. The van der Waals surface area contributed by atoms with Gasteiger partial charge in [0.05, 0.1) is 17.1 Å². The average Bonchev–Trinajstić information content (AvgIpc) is 3.36. The van der Waals surface area contributed by atoms with Gasteiger partial charge in [-0.3, -0.25) is 0 Å². The van der Waals surface area contributed by atoms with E-state index in [4.69, 9.17) is 27.9 Å². The Morgan fingerprint density at radius 2 is 2.00 bits per heavy atom. The van der Waals surface area contributed by atoms with Gasteiger partial charge in [-0.1, -0.05) is 29.3 Å². The van der Waals surface area contributed by atoms with E-state index in [-0.39, 0.29) is 12.5 Å². The highest BCUT2D eigenvalue weighted by molar-refractivity contribution is 6.31. The Hall–Kier alpha value is -2.26. The maximum absolute atomic E-state index is 11.3. The number of halogens is 2. The molecule has 0 bridgehead atoms. The van der Waals surface area contributed by atoms with Gasteiger partial charge < -0.3 is 9.84 Å². The molecule has 4 rings (SSSR count). The highest BCUT2D eigenvalue weighted by Crippen LogP contribution is 2.48. The zero-order valence-electron chi connectivity index (χ0n) is 13.7. The third-order valence-electron chi connectivity index (χ3n) is 4.40. The monoisotopic (exact) mass is 387 g/mol. The molecular weight excluding hydrogens is 373 g/mol. The Bertz CT molecular complexity index is 896. The van der Waals surface area contributed by atoms with Crippen molar-refractivity contribution in [3.05, 3.63) is 70.7 Å². The van der Waals surface area contributed by atoms with Crippen molar-refractivity contribution in [2.24, 2.45) is 5.92 Å². The van der Waals surface area contributed by atoms with E-state index >= 15 is 0 Å². The molecule has 132 valence electrons. The van der Waals surface area contributed by atoms with Crippen molar-refractivity contribution in [3.8, 4) is 11.5 Å². The molecule has 1 atom stereocenters. The number of benzene rings is 1. The van der Waals surface area contributed by atoms with Gasteiger partial charge in [-0.2, -0.15) is 5.10 Å². The van der Waals surface area contributed by atoms with Crippen molar-refractivity contribution in [1.82, 2.24) is 14.8 Å². The van der Waals surface area contributed by atoms with Crippen LogP contribution in [0.2, 0.25) is 10.0 Å². The van der Waals surface area contributed by atoms with Crippen molar-refractivity contribution in [2.45, 2.75) is 25.0 Å². The predicted molar refractivity (Wildman–Crippen MR) is 97.3 cm³/mol. The summed E-state index contributed by atoms with van der Waals surface area (Å²) in [5.74, 6) is 1.14. The van der Waals surface area contributed by atoms with E-state index in [0.717, 1.165) is 12.8 Å². The van der Waals surface area contributed by atoms with Gasteiger partial charge in [0.1, 0.15) is 24.0 Å². The molecule has 1 fully saturated rings. The standard InChI is InChI=1S/C19H15Cl2N3O2/c20-14-3-5-15(6-4-14)26-16-7-8-17(18(21)9-16)19(25,13-1-2-13)10-24-12-22-11-23-24/h3-6,9,11-13,25H,1-2,10H2. The van der Waals surface area contributed by atoms with Gasteiger partial charge >= 0.3 is 0 Å². The van der Waals surface area contributed by atoms with E-state index in [0.29, 0.717) is 27.1 Å². The van der Waals surface area contributed by atoms with E-state index < -0.39 is 5.60 Å². The highest BCUT2D eigenvalue weighted by atomic mass is 35.5. The molecule has 5 nitrogen and oxygen atoms in total. The molecule has 0 radical (unpaired) electrons. The predicted octanol–water partition coefficient (Wildman–Crippen LogP) is 4.28. The maximum atomic E-state index is 11.3. The summed E-state index contributed by atoms with van der Waals surface area (Å²) in [4.78, 5) is 3.93. The largest absolute Gasteiger partial charge is 0.448 e. The number of ether oxygens (including phenoxy) is 1. The van der Waals surface area contributed by atoms with Crippen molar-refractivity contribution >= 4 is 23.2 Å². The minimum atomic E-state index is -1.17. The molecule has 0 spiro atoms. The van der Waals surface area contributed by atoms with Gasteiger partial charge in [0.25, 0.3) is 0 Å². The zero-order valence-corrected chi connectivity index (χ0v) is 15.2. The smallest absolute Gasteiger partial charge is 0.179 e. The van der Waals surface area contributed by atoms with E-state index in [2.05, 4.69) is 22.2 Å². The van der Waals surface area contributed by atoms with Crippen LogP contribution in [0, 0.1) is 18.1 Å². The van der Waals surface area contributed by atoms with Crippen LogP contribution in [0.5, 0.6) is 11.5 Å². The first kappa shape index (κ1) is 17.2. The summed E-state index contributed by atoms with van der Waals surface area (Å²) in [6, 6.07) is 14.5. The minimum Gasteiger partial charge on any atom is -0.448 e. The van der Waals surface area contributed by atoms with E-state index in [9.17, 15) is 5.11 Å². The van der Waals surface area contributed by atoms with E-state index in [1.54, 1.807) is 41.3 Å². The van der Waals surface area contributed by atoms with Gasteiger partial charge in [-0.05, 0) is 49.1 Å². The van der Waals surface area contributed by atoms with Gasteiger partial charge in [0, 0.05) is 11.1 Å². The van der Waals surface area contributed by atoms with E-state index in [1.807, 2.05) is 0 Å². The first-order valence-electron chi connectivity index (χ1n) is 8.17. The lowest BCUT2D eigenvalue weighted by molar-refractivity contribution is -0.00767. The molecule has 1 aliphatic rings. The van der Waals surface area contributed by atoms with Crippen LogP contribution in [-0.2, 0) is 12.1 Å². The lowest BCUT2D eigenvalue weighted by Gasteiger charge is -2.28. The molecule has 0 amide bonds. The van der Waals surface area contributed by atoms with Crippen LogP contribution < -0.4 is 4.74 Å². The van der Waals surface area contributed by atoms with Gasteiger partial charge in [-0.15, -0.1) is 0 Å². The van der Waals surface area contributed by atoms with Crippen LogP contribution in [0.15, 0.2) is 43.0 Å². The molecule has 1 heterocycles. The second kappa shape index (κ2) is 6.81. The lowest BCUT2D eigenvalue weighted by Crippen LogP contribution is -2.34. The number of nitrogens with zero attached hydrogens (tertiary/aromatic N) is 3. The summed E-state index contributed by atoms with van der Waals surface area (Å²) < 4.78 is 7.32. The fourth-order valence-electron chi connectivity index (χ4n) is 2.94. The molecule has 26 heavy (non-hydrogen) atoms. The summed E-state index contributed by atoms with van der Waals surface area (Å²) in [7, 11) is 0. The SMILES string of the molecule is OC(Cn1cncn1)(c1c#cc(Oc2ccc(Cl)cc2)cc1Cl)C1CC1. The fraction of sp³-hybridized carbons (Fsp3) is 0.263. The van der Waals surface area contributed by atoms with Crippen molar-refractivity contribution in [2.75, 3.05) is 0 Å². The Morgan fingerprint density at radius 1 is 1.23 bits per heavy atom. The van der Waals surface area contributed by atoms with Gasteiger partial charge in [0.15, 0.2) is 5.75 Å². The van der Waals surface area contributed by atoms with Crippen molar-refractivity contribution in [3.63, 3.8) is 0 Å². The quantitative estimate of drug-likeness (QED) is 0.685. The van der Waals surface area contributed by atoms with Crippen LogP contribution >= 0.6 is 23.2 Å². The summed E-state index contributed by atoms with van der Waals surface area (Å²) in [6.07, 6.45) is 4.87. The summed E-state index contributed by atoms with van der Waals surface area (Å²) in [5, 5.41) is 16.4. The number of rotatable bonds is 6. The molecule has 1 N–H and O–H groups in total. The maximum Gasteiger partial charge on any atom is 0.179 e. The second-order valence-electron chi connectivity index (χ2n) is 6.33. The number of hydrogen-bond acceptors (Lipinski definition) is 4. The molecule has 1 aromatic heterocycles. The Kier molecular flexibility index (Phi) is 4.49. The molecule has 3 aromatic rings. The second-order valence-corrected chi connectivity index (χ2v) is 7.17. The first-order chi connectivity index (χ1) is 12.5.